The molecule has 11 heavy (non-hydrogen) atoms. The van der Waals surface area contributed by atoms with Crippen LogP contribution in [0.25, 0.3) is 0 Å². The van der Waals surface area contributed by atoms with Gasteiger partial charge in [-0.2, -0.15) is 0 Å². The lowest BCUT2D eigenvalue weighted by Gasteiger charge is -1.90. The zero-order valence-corrected chi connectivity index (χ0v) is 8.48. The van der Waals surface area contributed by atoms with Gasteiger partial charge in [0.15, 0.2) is 0 Å². The Morgan fingerprint density at radius 3 is 2.64 bits per heavy atom. The Morgan fingerprint density at radius 1 is 1.45 bits per heavy atom. The highest BCUT2D eigenvalue weighted by molar-refractivity contribution is 6.92. The van der Waals surface area contributed by atoms with E-state index in [1.54, 1.807) is 0 Å². The number of aryl methyl sites for hydroxylation is 2. The number of aromatic nitrogens is 2. The first kappa shape index (κ1) is 10.6. The van der Waals surface area contributed by atoms with E-state index in [1.807, 2.05) is 7.05 Å². The third kappa shape index (κ3) is 3.52. The predicted octanol–water partition coefficient (Wildman–Crippen LogP) is 1.44. The molecule has 1 aromatic heterocycles. The molecule has 1 heterocycles. The average molecular weight is 172 g/mol. The minimum Gasteiger partial charge on any atom is -0.577 e. The van der Waals surface area contributed by atoms with Gasteiger partial charge in [-0.3, -0.25) is 0 Å². The minimum atomic E-state index is 0. The number of nitrogens with zero attached hydrogens (tertiary/aromatic N) is 2. The van der Waals surface area contributed by atoms with Crippen molar-refractivity contribution in [2.75, 3.05) is 0 Å². The molecule has 0 aliphatic carbocycles. The van der Waals surface area contributed by atoms with Crippen LogP contribution in [0.2, 0.25) is 0 Å². The molecule has 0 N–H and O–H groups in total. The van der Waals surface area contributed by atoms with Gasteiger partial charge in [-0.1, -0.05) is 13.3 Å². The van der Waals surface area contributed by atoms with E-state index in [9.17, 15) is 0 Å². The summed E-state index contributed by atoms with van der Waals surface area (Å²) in [5.74, 6) is 0. The van der Waals surface area contributed by atoms with Crippen LogP contribution in [0.15, 0.2) is 18.7 Å². The lowest BCUT2D eigenvalue weighted by molar-refractivity contribution is -0.671. The van der Waals surface area contributed by atoms with Crippen LogP contribution in [0, 0.1) is 0 Å². The molecule has 0 saturated carbocycles. The third-order valence-electron chi connectivity index (χ3n) is 1.59. The summed E-state index contributed by atoms with van der Waals surface area (Å²) in [5.41, 5.74) is 0. The molecule has 0 unspecified atom stereocenters. The molecular weight excluding hydrogens is 155 g/mol. The molecule has 0 fully saturated rings. The van der Waals surface area contributed by atoms with Gasteiger partial charge in [-0.15, -0.1) is 0 Å². The van der Waals surface area contributed by atoms with Gasteiger partial charge in [0.1, 0.15) is 12.4 Å². The second-order valence-corrected chi connectivity index (χ2v) is 2.67. The van der Waals surface area contributed by atoms with Crippen LogP contribution >= 0.6 is 9.90 Å². The summed E-state index contributed by atoms with van der Waals surface area (Å²) in [7, 11) is 2.04. The van der Waals surface area contributed by atoms with Gasteiger partial charge >= 0.3 is 0 Å². The van der Waals surface area contributed by atoms with Gasteiger partial charge in [-0.05, 0) is 6.42 Å². The van der Waals surface area contributed by atoms with Crippen LogP contribution in [-0.2, 0) is 13.6 Å². The second-order valence-electron chi connectivity index (χ2n) is 2.67. The van der Waals surface area contributed by atoms with E-state index in [-0.39, 0.29) is 9.90 Å². The largest absolute Gasteiger partial charge is 0.577 e. The van der Waals surface area contributed by atoms with Crippen LogP contribution in [0.5, 0.6) is 0 Å². The zero-order valence-electron chi connectivity index (χ0n) is 7.33. The SMILES string of the molecule is CCCCn1cc[n+](C)c1.[PH2-]. The van der Waals surface area contributed by atoms with E-state index in [4.69, 9.17) is 0 Å². The summed E-state index contributed by atoms with van der Waals surface area (Å²) in [6.45, 7) is 3.36. The Kier molecular flexibility index (Phi) is 5.14. The fraction of sp³-hybridized carbons (Fsp3) is 0.625. The van der Waals surface area contributed by atoms with Crippen LogP contribution < -0.4 is 4.57 Å². The molecule has 1 aromatic rings. The highest BCUT2D eigenvalue weighted by Gasteiger charge is 1.96. The Bertz CT molecular complexity index is 196. The molecule has 2 nitrogen and oxygen atoms in total. The summed E-state index contributed by atoms with van der Waals surface area (Å²) < 4.78 is 4.28. The molecular formula is C8H17N2P. The summed E-state index contributed by atoms with van der Waals surface area (Å²) >= 11 is 0. The normalized spacial score (nSPS) is 9.27. The molecule has 64 valence electrons. The second kappa shape index (κ2) is 5.31. The maximum atomic E-state index is 2.21. The monoisotopic (exact) mass is 172 g/mol. The van der Waals surface area contributed by atoms with Crippen molar-refractivity contribution in [2.45, 2.75) is 26.3 Å². The molecule has 1 rings (SSSR count). The molecule has 0 aliphatic heterocycles. The first-order valence-corrected chi connectivity index (χ1v) is 3.84. The smallest absolute Gasteiger partial charge is 0.243 e. The van der Waals surface area contributed by atoms with Gasteiger partial charge in [0, 0.05) is 0 Å². The first-order chi connectivity index (χ1) is 4.83. The van der Waals surface area contributed by atoms with Crippen LogP contribution in [0.4, 0.5) is 0 Å². The highest BCUT2D eigenvalue weighted by Crippen LogP contribution is 1.91. The molecule has 0 spiro atoms. The van der Waals surface area contributed by atoms with E-state index in [0.717, 1.165) is 6.54 Å². The maximum absolute atomic E-state index is 2.21. The Morgan fingerprint density at radius 2 is 2.18 bits per heavy atom. The molecule has 0 aromatic carbocycles. The third-order valence-corrected chi connectivity index (χ3v) is 1.59. The van der Waals surface area contributed by atoms with Crippen LogP contribution in [-0.4, -0.2) is 4.57 Å². The van der Waals surface area contributed by atoms with Crippen LogP contribution in [0.1, 0.15) is 19.8 Å². The zero-order chi connectivity index (χ0) is 7.40. The topological polar surface area (TPSA) is 8.81 Å². The van der Waals surface area contributed by atoms with Crippen molar-refractivity contribution in [2.24, 2.45) is 7.05 Å². The average Bonchev–Trinajstić information content (AvgIpc) is 2.31. The van der Waals surface area contributed by atoms with Gasteiger partial charge in [0.25, 0.3) is 0 Å². The van der Waals surface area contributed by atoms with Crippen molar-refractivity contribution in [3.63, 3.8) is 0 Å². The van der Waals surface area contributed by atoms with Crippen molar-refractivity contribution in [3.8, 4) is 0 Å². The van der Waals surface area contributed by atoms with E-state index >= 15 is 0 Å². The Hall–Kier alpha value is -0.360. The number of hydrogen-bond acceptors (Lipinski definition) is 0. The lowest BCUT2D eigenvalue weighted by Crippen LogP contribution is -2.23. The molecule has 0 aliphatic rings. The fourth-order valence-corrected chi connectivity index (χ4v) is 0.975. The van der Waals surface area contributed by atoms with Crippen molar-refractivity contribution >= 4 is 9.90 Å². The van der Waals surface area contributed by atoms with Crippen molar-refractivity contribution < 1.29 is 4.57 Å². The van der Waals surface area contributed by atoms with Crippen molar-refractivity contribution in [3.05, 3.63) is 18.7 Å². The van der Waals surface area contributed by atoms with Crippen molar-refractivity contribution in [1.29, 1.82) is 0 Å². The molecule has 0 atom stereocenters. The number of hydrogen-bond donors (Lipinski definition) is 0. The van der Waals surface area contributed by atoms with E-state index in [2.05, 4.69) is 34.8 Å². The molecule has 3 heteroatoms. The highest BCUT2D eigenvalue weighted by atomic mass is 31.0. The summed E-state index contributed by atoms with van der Waals surface area (Å²) in [6.07, 6.45) is 8.82. The Balaban J connectivity index is 0.000001000. The molecule has 0 saturated heterocycles. The summed E-state index contributed by atoms with van der Waals surface area (Å²) in [5, 5.41) is 0. The van der Waals surface area contributed by atoms with Crippen molar-refractivity contribution in [1.82, 2.24) is 4.57 Å². The standard InChI is InChI=1S/C8H15N2.H2P/c1-3-4-5-10-7-6-9(2)8-10;/h6-8H,3-5H2,1-2H3;1H2/q+1;-1. The van der Waals surface area contributed by atoms with E-state index in [1.165, 1.54) is 12.8 Å². The van der Waals surface area contributed by atoms with Gasteiger partial charge in [0.2, 0.25) is 6.33 Å². The van der Waals surface area contributed by atoms with Gasteiger partial charge < -0.3 is 9.90 Å². The van der Waals surface area contributed by atoms with Gasteiger partial charge in [-0.25, -0.2) is 9.13 Å². The first-order valence-electron chi connectivity index (χ1n) is 3.84. The number of imidazole rings is 1. The molecule has 0 bridgehead atoms. The number of rotatable bonds is 3. The number of unbranched alkanes of at least 4 members (excludes halogenated alkanes) is 1. The minimum absolute atomic E-state index is 0. The van der Waals surface area contributed by atoms with Gasteiger partial charge in [0.05, 0.1) is 13.6 Å². The predicted molar refractivity (Wildman–Crippen MR) is 50.2 cm³/mol. The lowest BCUT2D eigenvalue weighted by atomic mass is 10.3. The summed E-state index contributed by atoms with van der Waals surface area (Å²) in [6, 6.07) is 0. The van der Waals surface area contributed by atoms with E-state index < -0.39 is 0 Å². The quantitative estimate of drug-likeness (QED) is 0.482. The van der Waals surface area contributed by atoms with E-state index in [0.29, 0.717) is 0 Å². The molecule has 0 amide bonds. The Labute approximate surface area is 71.9 Å². The van der Waals surface area contributed by atoms with Crippen LogP contribution in [0.3, 0.4) is 0 Å². The molecule has 0 radical (unpaired) electrons. The maximum Gasteiger partial charge on any atom is 0.243 e. The fourth-order valence-electron chi connectivity index (χ4n) is 0.975. The summed E-state index contributed by atoms with van der Waals surface area (Å²) in [4.78, 5) is 0.